The van der Waals surface area contributed by atoms with Crippen LogP contribution >= 0.6 is 0 Å². The number of fused-ring (bicyclic) bond motifs is 9. The zero-order valence-corrected chi connectivity index (χ0v) is 21.2. The summed E-state index contributed by atoms with van der Waals surface area (Å²) in [4.78, 5) is 0. The van der Waals surface area contributed by atoms with E-state index in [4.69, 9.17) is 8.83 Å². The van der Waals surface area contributed by atoms with Gasteiger partial charge in [0.1, 0.15) is 22.3 Å². The normalized spacial score (nSPS) is 11.9. The lowest BCUT2D eigenvalue weighted by Gasteiger charge is -2.05. The molecule has 0 bridgehead atoms. The first kappa shape index (κ1) is 21.3. The molecule has 2 aromatic heterocycles. The van der Waals surface area contributed by atoms with Crippen molar-refractivity contribution in [1.29, 1.82) is 0 Å². The first-order valence-electron chi connectivity index (χ1n) is 13.0. The lowest BCUT2D eigenvalue weighted by atomic mass is 9.98. The summed E-state index contributed by atoms with van der Waals surface area (Å²) in [6.45, 7) is 4.29. The molecule has 0 radical (unpaired) electrons. The van der Waals surface area contributed by atoms with Crippen LogP contribution in [0.25, 0.3) is 76.9 Å². The van der Waals surface area contributed by atoms with E-state index in [1.54, 1.807) is 0 Å². The molecule has 0 spiro atoms. The van der Waals surface area contributed by atoms with Gasteiger partial charge in [-0.3, -0.25) is 0 Å². The molecule has 2 heteroatoms. The van der Waals surface area contributed by atoms with Crippen LogP contribution in [0.3, 0.4) is 0 Å². The maximum Gasteiger partial charge on any atom is 0.143 e. The molecule has 2 nitrogen and oxygen atoms in total. The van der Waals surface area contributed by atoms with Crippen molar-refractivity contribution in [3.8, 4) is 22.3 Å². The van der Waals surface area contributed by atoms with E-state index in [9.17, 15) is 0 Å². The third kappa shape index (κ3) is 3.01. The molecule has 0 saturated heterocycles. The van der Waals surface area contributed by atoms with E-state index in [0.29, 0.717) is 0 Å². The van der Waals surface area contributed by atoms with Gasteiger partial charge in [-0.15, -0.1) is 0 Å². The fourth-order valence-electron chi connectivity index (χ4n) is 6.00. The predicted molar refractivity (Wildman–Crippen MR) is 159 cm³/mol. The Morgan fingerprint density at radius 1 is 0.395 bits per heavy atom. The quantitative estimate of drug-likeness (QED) is 0.242. The summed E-state index contributed by atoms with van der Waals surface area (Å²) in [7, 11) is 0. The van der Waals surface area contributed by atoms with Gasteiger partial charge < -0.3 is 8.83 Å². The Morgan fingerprint density at radius 3 is 1.18 bits per heavy atom. The summed E-state index contributed by atoms with van der Waals surface area (Å²) in [5.74, 6) is 0. The SMILES string of the molecule is Cc1ccccc1-c1ccc2c(c1)oc1c2ccc2c1ccc1c3ccc(-c4ccccc4C)cc3oc12. The highest BCUT2D eigenvalue weighted by Crippen LogP contribution is 2.41. The van der Waals surface area contributed by atoms with Crippen LogP contribution in [0.15, 0.2) is 118 Å². The van der Waals surface area contributed by atoms with Gasteiger partial charge in [0, 0.05) is 32.3 Å². The van der Waals surface area contributed by atoms with E-state index in [-0.39, 0.29) is 0 Å². The number of hydrogen-bond acceptors (Lipinski definition) is 2. The molecule has 38 heavy (non-hydrogen) atoms. The third-order valence-electron chi connectivity index (χ3n) is 7.98. The van der Waals surface area contributed by atoms with Crippen molar-refractivity contribution in [2.45, 2.75) is 13.8 Å². The fourth-order valence-corrected chi connectivity index (χ4v) is 6.00. The molecule has 180 valence electrons. The number of benzene rings is 6. The Bertz CT molecular complexity index is 2050. The molecule has 0 saturated carbocycles. The Morgan fingerprint density at radius 2 is 0.763 bits per heavy atom. The van der Waals surface area contributed by atoms with Crippen molar-refractivity contribution >= 4 is 54.6 Å². The molecule has 0 aliphatic heterocycles. The molecule has 0 fully saturated rings. The lowest BCUT2D eigenvalue weighted by molar-refractivity contribution is 0.669. The van der Waals surface area contributed by atoms with Crippen molar-refractivity contribution < 1.29 is 8.83 Å². The highest BCUT2D eigenvalue weighted by molar-refractivity contribution is 6.22. The van der Waals surface area contributed by atoms with Gasteiger partial charge in [0.2, 0.25) is 0 Å². The van der Waals surface area contributed by atoms with E-state index < -0.39 is 0 Å². The van der Waals surface area contributed by atoms with Gasteiger partial charge in [-0.05, 0) is 95.8 Å². The number of hydrogen-bond donors (Lipinski definition) is 0. The van der Waals surface area contributed by atoms with Crippen molar-refractivity contribution in [3.05, 3.63) is 120 Å². The minimum Gasteiger partial charge on any atom is -0.455 e. The molecule has 8 rings (SSSR count). The Balaban J connectivity index is 1.34. The van der Waals surface area contributed by atoms with Crippen LogP contribution in [0.1, 0.15) is 11.1 Å². The van der Waals surface area contributed by atoms with E-state index in [2.05, 4.69) is 123 Å². The van der Waals surface area contributed by atoms with Gasteiger partial charge in [-0.2, -0.15) is 0 Å². The molecule has 8 aromatic rings. The Labute approximate surface area is 219 Å². The Hall–Kier alpha value is -4.82. The summed E-state index contributed by atoms with van der Waals surface area (Å²) >= 11 is 0. The monoisotopic (exact) mass is 488 g/mol. The molecular weight excluding hydrogens is 464 g/mol. The summed E-state index contributed by atoms with van der Waals surface area (Å²) < 4.78 is 13.1. The molecule has 0 N–H and O–H groups in total. The molecule has 0 aliphatic rings. The van der Waals surface area contributed by atoms with Crippen LogP contribution in [0.4, 0.5) is 0 Å². The minimum atomic E-state index is 0.904. The second-order valence-electron chi connectivity index (χ2n) is 10.2. The van der Waals surface area contributed by atoms with Gasteiger partial charge in [0.05, 0.1) is 0 Å². The third-order valence-corrected chi connectivity index (χ3v) is 7.98. The average molecular weight is 489 g/mol. The maximum absolute atomic E-state index is 6.54. The van der Waals surface area contributed by atoms with Gasteiger partial charge >= 0.3 is 0 Å². The molecular formula is C36H24O2. The molecule has 0 unspecified atom stereocenters. The zero-order chi connectivity index (χ0) is 25.4. The Kier molecular flexibility index (Phi) is 4.39. The van der Waals surface area contributed by atoms with Crippen LogP contribution in [0.5, 0.6) is 0 Å². The molecule has 6 aromatic carbocycles. The summed E-state index contributed by atoms with van der Waals surface area (Å²) in [5, 5.41) is 6.66. The molecule has 0 atom stereocenters. The largest absolute Gasteiger partial charge is 0.455 e. The lowest BCUT2D eigenvalue weighted by Crippen LogP contribution is -1.81. The highest BCUT2D eigenvalue weighted by Gasteiger charge is 2.17. The van der Waals surface area contributed by atoms with Crippen molar-refractivity contribution in [3.63, 3.8) is 0 Å². The van der Waals surface area contributed by atoms with E-state index in [0.717, 1.165) is 54.6 Å². The zero-order valence-electron chi connectivity index (χ0n) is 21.2. The van der Waals surface area contributed by atoms with E-state index in [1.807, 2.05) is 0 Å². The maximum atomic E-state index is 6.54. The second kappa shape index (κ2) is 7.84. The van der Waals surface area contributed by atoms with Crippen molar-refractivity contribution in [2.75, 3.05) is 0 Å². The molecule has 0 aliphatic carbocycles. The highest BCUT2D eigenvalue weighted by atomic mass is 16.3. The second-order valence-corrected chi connectivity index (χ2v) is 10.2. The number of aryl methyl sites for hydroxylation is 2. The summed E-state index contributed by atoms with van der Waals surface area (Å²) in [6.07, 6.45) is 0. The minimum absolute atomic E-state index is 0.904. The first-order chi connectivity index (χ1) is 18.7. The van der Waals surface area contributed by atoms with Crippen molar-refractivity contribution in [1.82, 2.24) is 0 Å². The summed E-state index contributed by atoms with van der Waals surface area (Å²) in [6, 6.07) is 38.7. The predicted octanol–water partition coefficient (Wildman–Crippen LogP) is 10.6. The summed E-state index contributed by atoms with van der Waals surface area (Å²) in [5.41, 5.74) is 10.9. The fraction of sp³-hybridized carbons (Fsp3) is 0.0556. The molecule has 2 heterocycles. The van der Waals surface area contributed by atoms with Gasteiger partial charge in [-0.1, -0.05) is 60.7 Å². The topological polar surface area (TPSA) is 26.3 Å². The molecule has 0 amide bonds. The standard InChI is InChI=1S/C36H24O2/c1-21-7-3-5-9-25(21)23-11-13-27-29-15-17-32-31(35(29)37-33(27)19-23)18-16-30-28-14-12-24(20-34(28)38-36(30)32)26-10-6-4-8-22(26)2/h3-20H,1-2H3. The van der Waals surface area contributed by atoms with Gasteiger partial charge in [-0.25, -0.2) is 0 Å². The smallest absolute Gasteiger partial charge is 0.143 e. The van der Waals surface area contributed by atoms with Gasteiger partial charge in [0.15, 0.2) is 0 Å². The van der Waals surface area contributed by atoms with Gasteiger partial charge in [0.25, 0.3) is 0 Å². The average Bonchev–Trinajstić information content (AvgIpc) is 3.51. The number of furan rings is 2. The van der Waals surface area contributed by atoms with Crippen molar-refractivity contribution in [2.24, 2.45) is 0 Å². The van der Waals surface area contributed by atoms with E-state index >= 15 is 0 Å². The van der Waals surface area contributed by atoms with Crippen LogP contribution < -0.4 is 0 Å². The first-order valence-corrected chi connectivity index (χ1v) is 13.0. The van der Waals surface area contributed by atoms with Crippen LogP contribution in [-0.4, -0.2) is 0 Å². The number of rotatable bonds is 2. The van der Waals surface area contributed by atoms with Crippen LogP contribution in [-0.2, 0) is 0 Å². The van der Waals surface area contributed by atoms with Crippen LogP contribution in [0, 0.1) is 13.8 Å². The van der Waals surface area contributed by atoms with E-state index in [1.165, 1.54) is 33.4 Å². The van der Waals surface area contributed by atoms with Crippen LogP contribution in [0.2, 0.25) is 0 Å².